The second kappa shape index (κ2) is 2.04. The van der Waals surface area contributed by atoms with E-state index in [4.69, 9.17) is 11.7 Å². The van der Waals surface area contributed by atoms with E-state index < -0.39 is 0 Å². The lowest BCUT2D eigenvalue weighted by atomic mass is 10.3. The first-order chi connectivity index (χ1) is 5.27. The molecule has 2 aliphatic rings. The summed E-state index contributed by atoms with van der Waals surface area (Å²) in [7, 11) is 0. The first kappa shape index (κ1) is 6.32. The molecular weight excluding hydrogens is 144 g/mol. The van der Waals surface area contributed by atoms with E-state index in [2.05, 4.69) is 10.2 Å². The van der Waals surface area contributed by atoms with Gasteiger partial charge in [-0.1, -0.05) is 0 Å². The highest BCUT2D eigenvalue weighted by Gasteiger charge is 2.21. The Bertz CT molecular complexity index is 264. The van der Waals surface area contributed by atoms with E-state index in [1.807, 2.05) is 0 Å². The zero-order valence-electron chi connectivity index (χ0n) is 5.81. The van der Waals surface area contributed by atoms with E-state index in [0.29, 0.717) is 12.4 Å². The normalized spacial score (nSPS) is 21.6. The van der Waals surface area contributed by atoms with Gasteiger partial charge in [0, 0.05) is 6.20 Å². The van der Waals surface area contributed by atoms with Gasteiger partial charge in [0.1, 0.15) is 18.1 Å². The van der Waals surface area contributed by atoms with E-state index in [1.54, 1.807) is 12.4 Å². The maximum absolute atomic E-state index is 5.59. The molecule has 0 amide bonds. The minimum absolute atomic E-state index is 0.459. The van der Waals surface area contributed by atoms with Crippen molar-refractivity contribution in [2.75, 3.05) is 6.67 Å². The predicted octanol–water partition coefficient (Wildman–Crippen LogP) is -0.542. The Labute approximate surface area is 63.4 Å². The molecule has 0 fully saturated rings. The van der Waals surface area contributed by atoms with Gasteiger partial charge in [-0.3, -0.25) is 10.0 Å². The summed E-state index contributed by atoms with van der Waals surface area (Å²) in [6, 6.07) is 0. The molecule has 0 aromatic carbocycles. The summed E-state index contributed by atoms with van der Waals surface area (Å²) in [5.74, 6) is 11.1. The minimum atomic E-state index is 0.459. The van der Waals surface area contributed by atoms with Crippen molar-refractivity contribution in [1.82, 2.24) is 10.0 Å². The molecule has 0 saturated heterocycles. The summed E-state index contributed by atoms with van der Waals surface area (Å²) in [5, 5.41) is 10.5. The standard InChI is InChI=1S/C5H8N6/c6-10-2-4-5(1-8-9-4)11(7)3-10/h1-2H,3,6-7H2. The van der Waals surface area contributed by atoms with Crippen LogP contribution >= 0.6 is 0 Å². The van der Waals surface area contributed by atoms with Crippen molar-refractivity contribution in [3.8, 4) is 0 Å². The van der Waals surface area contributed by atoms with Crippen LogP contribution in [0.1, 0.15) is 0 Å². The van der Waals surface area contributed by atoms with E-state index in [9.17, 15) is 0 Å². The molecule has 0 aromatic rings. The molecule has 11 heavy (non-hydrogen) atoms. The zero-order chi connectivity index (χ0) is 7.84. The number of azo groups is 1. The Kier molecular flexibility index (Phi) is 1.17. The smallest absolute Gasteiger partial charge is 0.129 e. The van der Waals surface area contributed by atoms with Crippen molar-refractivity contribution in [2.45, 2.75) is 0 Å². The number of rotatable bonds is 0. The number of hydrazine groups is 2. The topological polar surface area (TPSA) is 83.2 Å². The van der Waals surface area contributed by atoms with Crippen molar-refractivity contribution < 1.29 is 0 Å². The highest BCUT2D eigenvalue weighted by Crippen LogP contribution is 2.23. The molecule has 2 heterocycles. The molecule has 0 radical (unpaired) electrons. The van der Waals surface area contributed by atoms with Crippen molar-refractivity contribution in [1.29, 1.82) is 0 Å². The van der Waals surface area contributed by atoms with Crippen LogP contribution in [0.2, 0.25) is 0 Å². The van der Waals surface area contributed by atoms with Crippen molar-refractivity contribution in [3.05, 3.63) is 23.8 Å². The van der Waals surface area contributed by atoms with Gasteiger partial charge in [0.2, 0.25) is 0 Å². The molecule has 0 bridgehead atoms. The largest absolute Gasteiger partial charge is 0.295 e. The van der Waals surface area contributed by atoms with Gasteiger partial charge >= 0.3 is 0 Å². The van der Waals surface area contributed by atoms with Crippen LogP contribution in [-0.4, -0.2) is 16.7 Å². The fourth-order valence-corrected chi connectivity index (χ4v) is 1.03. The van der Waals surface area contributed by atoms with Gasteiger partial charge in [-0.05, 0) is 0 Å². The van der Waals surface area contributed by atoms with Crippen molar-refractivity contribution >= 4 is 0 Å². The van der Waals surface area contributed by atoms with Crippen LogP contribution in [0.3, 0.4) is 0 Å². The second-order valence-corrected chi connectivity index (χ2v) is 2.37. The van der Waals surface area contributed by atoms with E-state index in [0.717, 1.165) is 5.70 Å². The summed E-state index contributed by atoms with van der Waals surface area (Å²) in [4.78, 5) is 0. The minimum Gasteiger partial charge on any atom is -0.295 e. The quantitative estimate of drug-likeness (QED) is 0.456. The Balaban J connectivity index is 2.37. The fraction of sp³-hybridized carbons (Fsp3) is 0.200. The van der Waals surface area contributed by atoms with E-state index in [-0.39, 0.29) is 0 Å². The molecule has 0 aliphatic carbocycles. The van der Waals surface area contributed by atoms with Crippen LogP contribution < -0.4 is 11.7 Å². The van der Waals surface area contributed by atoms with Crippen LogP contribution in [0.4, 0.5) is 0 Å². The highest BCUT2D eigenvalue weighted by atomic mass is 15.6. The Morgan fingerprint density at radius 1 is 1.45 bits per heavy atom. The lowest BCUT2D eigenvalue weighted by molar-refractivity contribution is 0.203. The Hall–Kier alpha value is -1.40. The molecule has 6 nitrogen and oxygen atoms in total. The fourth-order valence-electron chi connectivity index (χ4n) is 1.03. The van der Waals surface area contributed by atoms with Crippen molar-refractivity contribution in [2.24, 2.45) is 21.9 Å². The van der Waals surface area contributed by atoms with E-state index in [1.165, 1.54) is 10.0 Å². The summed E-state index contributed by atoms with van der Waals surface area (Å²) in [5.41, 5.74) is 1.52. The molecule has 0 spiro atoms. The van der Waals surface area contributed by atoms with Crippen LogP contribution in [0.5, 0.6) is 0 Å². The molecule has 0 saturated carbocycles. The van der Waals surface area contributed by atoms with Gasteiger partial charge in [0.25, 0.3) is 0 Å². The van der Waals surface area contributed by atoms with Crippen LogP contribution in [0.15, 0.2) is 34.0 Å². The zero-order valence-corrected chi connectivity index (χ0v) is 5.81. The molecule has 0 atom stereocenters. The lowest BCUT2D eigenvalue weighted by Gasteiger charge is -2.29. The van der Waals surface area contributed by atoms with Gasteiger partial charge in [-0.2, -0.15) is 5.11 Å². The Morgan fingerprint density at radius 3 is 3.09 bits per heavy atom. The monoisotopic (exact) mass is 152 g/mol. The van der Waals surface area contributed by atoms with Gasteiger partial charge < -0.3 is 0 Å². The number of nitrogens with two attached hydrogens (primary N) is 2. The third kappa shape index (κ3) is 0.883. The van der Waals surface area contributed by atoms with Gasteiger partial charge in [0.15, 0.2) is 0 Å². The average Bonchev–Trinajstić information content (AvgIpc) is 2.34. The van der Waals surface area contributed by atoms with Crippen LogP contribution in [-0.2, 0) is 0 Å². The molecule has 4 N–H and O–H groups in total. The molecule has 58 valence electrons. The van der Waals surface area contributed by atoms with Crippen LogP contribution in [0, 0.1) is 0 Å². The number of fused-ring (bicyclic) bond motifs is 1. The number of nitrogens with zero attached hydrogens (tertiary/aromatic N) is 4. The maximum atomic E-state index is 5.59. The lowest BCUT2D eigenvalue weighted by Crippen LogP contribution is -2.45. The first-order valence-electron chi connectivity index (χ1n) is 3.14. The summed E-state index contributed by atoms with van der Waals surface area (Å²) >= 11 is 0. The van der Waals surface area contributed by atoms with Gasteiger partial charge in [-0.15, -0.1) is 5.11 Å². The Morgan fingerprint density at radius 2 is 2.27 bits per heavy atom. The highest BCUT2D eigenvalue weighted by molar-refractivity contribution is 5.31. The van der Waals surface area contributed by atoms with Crippen LogP contribution in [0.25, 0.3) is 0 Å². The average molecular weight is 152 g/mol. The first-order valence-corrected chi connectivity index (χ1v) is 3.14. The van der Waals surface area contributed by atoms with Gasteiger partial charge in [0.05, 0.1) is 6.20 Å². The molecule has 6 heteroatoms. The summed E-state index contributed by atoms with van der Waals surface area (Å²) in [6.45, 7) is 0.459. The molecule has 0 unspecified atom stereocenters. The summed E-state index contributed by atoms with van der Waals surface area (Å²) < 4.78 is 0. The number of hydrogen-bond donors (Lipinski definition) is 2. The predicted molar refractivity (Wildman–Crippen MR) is 37.9 cm³/mol. The van der Waals surface area contributed by atoms with Crippen molar-refractivity contribution in [3.63, 3.8) is 0 Å². The SMILES string of the molecule is NN1C=C2N=NC=C2N(N)C1. The second-order valence-electron chi connectivity index (χ2n) is 2.37. The number of hydrogen-bond acceptors (Lipinski definition) is 6. The van der Waals surface area contributed by atoms with Gasteiger partial charge in [-0.25, -0.2) is 11.7 Å². The molecule has 0 aromatic heterocycles. The maximum Gasteiger partial charge on any atom is 0.129 e. The van der Waals surface area contributed by atoms with E-state index >= 15 is 0 Å². The third-order valence-electron chi connectivity index (χ3n) is 1.52. The molecule has 2 aliphatic heterocycles. The summed E-state index contributed by atoms with van der Waals surface area (Å²) in [6.07, 6.45) is 3.31. The molecular formula is C5H8N6. The molecule has 2 rings (SSSR count). The third-order valence-corrected chi connectivity index (χ3v) is 1.52.